The van der Waals surface area contributed by atoms with Gasteiger partial charge in [-0.2, -0.15) is 0 Å². The van der Waals surface area contributed by atoms with Gasteiger partial charge in [0.2, 0.25) is 0 Å². The van der Waals surface area contributed by atoms with Crippen molar-refractivity contribution in [3.63, 3.8) is 0 Å². The highest BCUT2D eigenvalue weighted by atomic mass is 16.5. The molecule has 0 spiro atoms. The third-order valence-corrected chi connectivity index (χ3v) is 3.34. The van der Waals surface area contributed by atoms with Gasteiger partial charge in [-0.1, -0.05) is 30.3 Å². The number of carbonyl (C=O) groups is 1. The monoisotopic (exact) mass is 235 g/mol. The fourth-order valence-electron chi connectivity index (χ4n) is 2.45. The first-order valence-corrected chi connectivity index (χ1v) is 5.55. The molecule has 5 nitrogen and oxygen atoms in total. The fourth-order valence-corrected chi connectivity index (χ4v) is 2.45. The Kier molecular flexibility index (Phi) is 2.39. The van der Waals surface area contributed by atoms with E-state index in [1.807, 2.05) is 30.3 Å². The quantitative estimate of drug-likeness (QED) is 0.698. The molecule has 5 heteroatoms. The van der Waals surface area contributed by atoms with E-state index in [0.717, 1.165) is 5.56 Å². The number of aliphatic hydroxyl groups excluding tert-OH is 2. The maximum Gasteiger partial charge on any atom is 0.256 e. The highest BCUT2D eigenvalue weighted by Gasteiger charge is 2.53. The average Bonchev–Trinajstić information content (AvgIpc) is 2.88. The second-order valence-corrected chi connectivity index (χ2v) is 4.34. The maximum absolute atomic E-state index is 11.8. The van der Waals surface area contributed by atoms with Crippen molar-refractivity contribution in [3.05, 3.63) is 35.9 Å². The highest BCUT2D eigenvalue weighted by Crippen LogP contribution is 2.37. The van der Waals surface area contributed by atoms with Crippen molar-refractivity contribution < 1.29 is 19.7 Å². The van der Waals surface area contributed by atoms with E-state index in [0.29, 0.717) is 0 Å². The summed E-state index contributed by atoms with van der Waals surface area (Å²) in [5.41, 5.74) is 0.852. The zero-order valence-corrected chi connectivity index (χ0v) is 9.06. The molecule has 0 aromatic heterocycles. The van der Waals surface area contributed by atoms with Gasteiger partial charge in [0.25, 0.3) is 5.91 Å². The van der Waals surface area contributed by atoms with Crippen LogP contribution in [0, 0.1) is 0 Å². The molecule has 0 saturated carbocycles. The number of hydrogen-bond acceptors (Lipinski definition) is 4. The van der Waals surface area contributed by atoms with Gasteiger partial charge in [0.1, 0.15) is 6.10 Å². The third-order valence-electron chi connectivity index (χ3n) is 3.34. The van der Waals surface area contributed by atoms with Gasteiger partial charge in [-0.05, 0) is 0 Å². The third kappa shape index (κ3) is 1.47. The number of ether oxygens (including phenoxy) is 1. The summed E-state index contributed by atoms with van der Waals surface area (Å²) < 4.78 is 5.53. The number of nitrogens with zero attached hydrogens (tertiary/aromatic N) is 1. The van der Waals surface area contributed by atoms with Crippen LogP contribution in [0.25, 0.3) is 0 Å². The minimum absolute atomic E-state index is 0.253. The van der Waals surface area contributed by atoms with Gasteiger partial charge in [-0.3, -0.25) is 4.79 Å². The second-order valence-electron chi connectivity index (χ2n) is 4.34. The molecular formula is C12H13NO4. The predicted octanol–water partition coefficient (Wildman–Crippen LogP) is -0.352. The SMILES string of the molecule is O=C1[C@H](O)[C@H](O)[C@H]2CO[C@H](c3ccccc3)N12. The molecule has 2 aliphatic heterocycles. The summed E-state index contributed by atoms with van der Waals surface area (Å²) in [4.78, 5) is 13.3. The lowest BCUT2D eigenvalue weighted by molar-refractivity contribution is -0.142. The summed E-state index contributed by atoms with van der Waals surface area (Å²) >= 11 is 0. The van der Waals surface area contributed by atoms with Crippen LogP contribution < -0.4 is 0 Å². The van der Waals surface area contributed by atoms with Crippen LogP contribution in [-0.4, -0.2) is 45.9 Å². The maximum atomic E-state index is 11.8. The standard InChI is InChI=1S/C12H13NO4/c14-9-8-6-17-12(7-4-2-1-3-5-7)13(8)11(16)10(9)15/h1-5,8-10,12,14-15H,6H2/t8-,9-,10-,12-/m1/s1. The summed E-state index contributed by atoms with van der Waals surface area (Å²) in [7, 11) is 0. The van der Waals surface area contributed by atoms with Crippen LogP contribution in [0.5, 0.6) is 0 Å². The van der Waals surface area contributed by atoms with Gasteiger partial charge in [-0.25, -0.2) is 0 Å². The molecule has 0 aliphatic carbocycles. The molecular weight excluding hydrogens is 222 g/mol. The number of hydrogen-bond donors (Lipinski definition) is 2. The Morgan fingerprint density at radius 1 is 1.24 bits per heavy atom. The van der Waals surface area contributed by atoms with E-state index in [-0.39, 0.29) is 6.61 Å². The number of benzene rings is 1. The van der Waals surface area contributed by atoms with Crippen LogP contribution in [0.3, 0.4) is 0 Å². The molecule has 0 bridgehead atoms. The van der Waals surface area contributed by atoms with Gasteiger partial charge < -0.3 is 19.8 Å². The van der Waals surface area contributed by atoms with E-state index in [9.17, 15) is 15.0 Å². The lowest BCUT2D eigenvalue weighted by Crippen LogP contribution is -2.34. The first kappa shape index (κ1) is 10.7. The fraction of sp³-hybridized carbons (Fsp3) is 0.417. The summed E-state index contributed by atoms with van der Waals surface area (Å²) in [6, 6.07) is 8.88. The molecule has 0 unspecified atom stereocenters. The zero-order chi connectivity index (χ0) is 12.0. The molecule has 2 fully saturated rings. The summed E-state index contributed by atoms with van der Waals surface area (Å²) in [6.07, 6.45) is -2.88. The van der Waals surface area contributed by atoms with Gasteiger partial charge in [0.15, 0.2) is 12.3 Å². The predicted molar refractivity (Wildman–Crippen MR) is 57.8 cm³/mol. The van der Waals surface area contributed by atoms with Crippen molar-refractivity contribution in [1.29, 1.82) is 0 Å². The zero-order valence-electron chi connectivity index (χ0n) is 9.06. The van der Waals surface area contributed by atoms with E-state index in [4.69, 9.17) is 4.74 Å². The Bertz CT molecular complexity index is 435. The molecule has 1 amide bonds. The van der Waals surface area contributed by atoms with Crippen LogP contribution in [-0.2, 0) is 9.53 Å². The van der Waals surface area contributed by atoms with E-state index in [1.165, 1.54) is 4.90 Å². The Labute approximate surface area is 98.2 Å². The summed E-state index contributed by atoms with van der Waals surface area (Å²) in [5, 5.41) is 19.3. The topological polar surface area (TPSA) is 70.0 Å². The number of aliphatic hydroxyl groups is 2. The minimum Gasteiger partial charge on any atom is -0.388 e. The van der Waals surface area contributed by atoms with Gasteiger partial charge in [-0.15, -0.1) is 0 Å². The van der Waals surface area contributed by atoms with Gasteiger partial charge in [0, 0.05) is 5.56 Å². The Morgan fingerprint density at radius 3 is 2.65 bits per heavy atom. The van der Waals surface area contributed by atoms with E-state index in [2.05, 4.69) is 0 Å². The van der Waals surface area contributed by atoms with E-state index >= 15 is 0 Å². The largest absolute Gasteiger partial charge is 0.388 e. The Hall–Kier alpha value is -1.43. The van der Waals surface area contributed by atoms with Gasteiger partial charge in [0.05, 0.1) is 12.6 Å². The molecule has 1 aromatic rings. The molecule has 4 atom stereocenters. The minimum atomic E-state index is -1.32. The number of rotatable bonds is 1. The lowest BCUT2D eigenvalue weighted by Gasteiger charge is -2.22. The van der Waals surface area contributed by atoms with Crippen molar-refractivity contribution in [3.8, 4) is 0 Å². The smallest absolute Gasteiger partial charge is 0.256 e. The normalized spacial score (nSPS) is 36.4. The lowest BCUT2D eigenvalue weighted by atomic mass is 10.1. The van der Waals surface area contributed by atoms with E-state index < -0.39 is 30.4 Å². The molecule has 1 aromatic carbocycles. The Balaban J connectivity index is 1.93. The van der Waals surface area contributed by atoms with Gasteiger partial charge >= 0.3 is 0 Å². The van der Waals surface area contributed by atoms with Crippen molar-refractivity contribution in [1.82, 2.24) is 4.90 Å². The molecule has 17 heavy (non-hydrogen) atoms. The van der Waals surface area contributed by atoms with Crippen LogP contribution in [0.15, 0.2) is 30.3 Å². The molecule has 2 aliphatic rings. The molecule has 3 rings (SSSR count). The highest BCUT2D eigenvalue weighted by molar-refractivity contribution is 5.85. The van der Waals surface area contributed by atoms with Crippen molar-refractivity contribution in [2.75, 3.05) is 6.61 Å². The molecule has 90 valence electrons. The van der Waals surface area contributed by atoms with Crippen LogP contribution in [0.1, 0.15) is 11.8 Å². The second kappa shape index (κ2) is 3.80. The number of fused-ring (bicyclic) bond motifs is 1. The van der Waals surface area contributed by atoms with Crippen LogP contribution >= 0.6 is 0 Å². The molecule has 0 radical (unpaired) electrons. The van der Waals surface area contributed by atoms with Crippen molar-refractivity contribution in [2.24, 2.45) is 0 Å². The summed E-state index contributed by atoms with van der Waals surface area (Å²) in [5.74, 6) is -0.464. The van der Waals surface area contributed by atoms with Crippen LogP contribution in [0.4, 0.5) is 0 Å². The van der Waals surface area contributed by atoms with Crippen molar-refractivity contribution >= 4 is 5.91 Å². The number of amides is 1. The molecule has 2 saturated heterocycles. The first-order chi connectivity index (χ1) is 8.20. The number of carbonyl (C=O) groups excluding carboxylic acids is 1. The van der Waals surface area contributed by atoms with E-state index in [1.54, 1.807) is 0 Å². The average molecular weight is 235 g/mol. The van der Waals surface area contributed by atoms with Crippen LogP contribution in [0.2, 0.25) is 0 Å². The first-order valence-electron chi connectivity index (χ1n) is 5.55. The Morgan fingerprint density at radius 2 is 1.94 bits per heavy atom. The summed E-state index contributed by atoms with van der Waals surface area (Å²) in [6.45, 7) is 0.253. The van der Waals surface area contributed by atoms with Crippen molar-refractivity contribution in [2.45, 2.75) is 24.5 Å². The molecule has 2 N–H and O–H groups in total. The molecule has 2 heterocycles.